The Bertz CT molecular complexity index is 489. The predicted octanol–water partition coefficient (Wildman–Crippen LogP) is 0.523. The van der Waals surface area contributed by atoms with E-state index < -0.39 is 24.0 Å². The first-order chi connectivity index (χ1) is 11.8. The first-order valence-electron chi connectivity index (χ1n) is 8.94. The predicted molar refractivity (Wildman–Crippen MR) is 95.4 cm³/mol. The van der Waals surface area contributed by atoms with Crippen LogP contribution in [0.5, 0.6) is 0 Å². The van der Waals surface area contributed by atoms with Crippen LogP contribution in [0.15, 0.2) is 4.99 Å². The van der Waals surface area contributed by atoms with Crippen molar-refractivity contribution in [3.63, 3.8) is 0 Å². The molecule has 1 aliphatic carbocycles. The average molecular weight is 356 g/mol. The number of carbonyl (C=O) groups excluding carboxylic acids is 2. The Balaban J connectivity index is 3.26. The topological polar surface area (TPSA) is 143 Å². The zero-order valence-electron chi connectivity index (χ0n) is 15.6. The Kier molecular flexibility index (Phi) is 8.15. The number of hydrogen-bond acceptors (Lipinski definition) is 6. The van der Waals surface area contributed by atoms with Gasteiger partial charge in [-0.2, -0.15) is 0 Å². The van der Waals surface area contributed by atoms with Gasteiger partial charge in [-0.1, -0.05) is 26.7 Å². The third-order valence-corrected chi connectivity index (χ3v) is 4.96. The molecule has 1 rings (SSSR count). The zero-order chi connectivity index (χ0) is 19.1. The highest BCUT2D eigenvalue weighted by Gasteiger charge is 2.52. The quantitative estimate of drug-likeness (QED) is 0.327. The fourth-order valence-corrected chi connectivity index (χ4v) is 3.82. The summed E-state index contributed by atoms with van der Waals surface area (Å²) in [6, 6.07) is -0.689. The Morgan fingerprint density at radius 1 is 1.20 bits per heavy atom. The molecular formula is C17H32N4O4. The number of hydrogen-bond donors (Lipinski definition) is 3. The van der Waals surface area contributed by atoms with Crippen LogP contribution in [0.3, 0.4) is 0 Å². The van der Waals surface area contributed by atoms with Gasteiger partial charge in [0, 0.05) is 18.9 Å². The molecule has 0 amide bonds. The number of nitrogens with zero attached hydrogens (tertiary/aromatic N) is 1. The standard InChI is InChI=1S/C17H32N4O4/c1-5-10(6-2)14(18)13-12(21-17(19)20)8-11(16(23)24-7-3)15(13)25-9(4)22/h10-15H,5-8,18H2,1-4H3,(H4,19,20,21)/t11-,12+,13+,14-,15+/m0/s1. The average Bonchev–Trinajstić information content (AvgIpc) is 2.85. The fraction of sp³-hybridized carbons (Fsp3) is 0.824. The molecule has 5 atom stereocenters. The van der Waals surface area contributed by atoms with E-state index in [1.165, 1.54) is 6.92 Å². The summed E-state index contributed by atoms with van der Waals surface area (Å²) >= 11 is 0. The maximum Gasteiger partial charge on any atom is 0.312 e. The monoisotopic (exact) mass is 356 g/mol. The summed E-state index contributed by atoms with van der Waals surface area (Å²) < 4.78 is 10.7. The fourth-order valence-electron chi connectivity index (χ4n) is 3.82. The molecule has 8 heteroatoms. The second-order valence-electron chi connectivity index (χ2n) is 6.52. The molecule has 0 aliphatic heterocycles. The van der Waals surface area contributed by atoms with Crippen molar-refractivity contribution < 1.29 is 19.1 Å². The maximum absolute atomic E-state index is 12.4. The molecule has 0 aromatic rings. The molecule has 1 saturated carbocycles. The van der Waals surface area contributed by atoms with E-state index in [2.05, 4.69) is 18.8 Å². The minimum absolute atomic E-state index is 0.0715. The van der Waals surface area contributed by atoms with Crippen LogP contribution in [0.2, 0.25) is 0 Å². The summed E-state index contributed by atoms with van der Waals surface area (Å²) in [4.78, 5) is 28.3. The number of ether oxygens (including phenoxy) is 2. The lowest BCUT2D eigenvalue weighted by molar-refractivity contribution is -0.161. The highest BCUT2D eigenvalue weighted by Crippen LogP contribution is 2.41. The first-order valence-corrected chi connectivity index (χ1v) is 8.94. The zero-order valence-corrected chi connectivity index (χ0v) is 15.6. The van der Waals surface area contributed by atoms with Crippen LogP contribution in [-0.2, 0) is 19.1 Å². The van der Waals surface area contributed by atoms with Crippen molar-refractivity contribution in [2.24, 2.45) is 39.9 Å². The molecule has 0 unspecified atom stereocenters. The van der Waals surface area contributed by atoms with E-state index in [0.29, 0.717) is 6.42 Å². The first kappa shape index (κ1) is 21.2. The van der Waals surface area contributed by atoms with Crippen molar-refractivity contribution in [3.05, 3.63) is 0 Å². The van der Waals surface area contributed by atoms with Crippen molar-refractivity contribution in [3.8, 4) is 0 Å². The number of rotatable bonds is 8. The van der Waals surface area contributed by atoms with Crippen molar-refractivity contribution in [1.82, 2.24) is 0 Å². The Morgan fingerprint density at radius 3 is 2.24 bits per heavy atom. The van der Waals surface area contributed by atoms with Crippen LogP contribution in [0.1, 0.15) is 47.0 Å². The van der Waals surface area contributed by atoms with Gasteiger partial charge in [-0.05, 0) is 19.3 Å². The van der Waals surface area contributed by atoms with Gasteiger partial charge < -0.3 is 26.7 Å². The van der Waals surface area contributed by atoms with E-state index in [0.717, 1.165) is 12.8 Å². The normalized spacial score (nSPS) is 27.0. The van der Waals surface area contributed by atoms with Crippen molar-refractivity contribution in [2.45, 2.75) is 65.1 Å². The van der Waals surface area contributed by atoms with Gasteiger partial charge in [-0.3, -0.25) is 9.59 Å². The molecule has 0 aromatic heterocycles. The highest BCUT2D eigenvalue weighted by atomic mass is 16.6. The van der Waals surface area contributed by atoms with Gasteiger partial charge in [0.1, 0.15) is 6.10 Å². The lowest BCUT2D eigenvalue weighted by Crippen LogP contribution is -2.48. The van der Waals surface area contributed by atoms with E-state index in [1.54, 1.807) is 6.92 Å². The number of guanidine groups is 1. The van der Waals surface area contributed by atoms with Gasteiger partial charge in [-0.25, -0.2) is 4.99 Å². The second-order valence-corrected chi connectivity index (χ2v) is 6.52. The molecule has 8 nitrogen and oxygen atoms in total. The van der Waals surface area contributed by atoms with E-state index in [9.17, 15) is 9.59 Å². The number of aliphatic imine (C=N–C) groups is 1. The molecule has 1 fully saturated rings. The number of nitrogens with two attached hydrogens (primary N) is 3. The molecule has 144 valence electrons. The second kappa shape index (κ2) is 9.60. The smallest absolute Gasteiger partial charge is 0.312 e. The molecule has 1 aliphatic rings. The highest BCUT2D eigenvalue weighted by molar-refractivity contribution is 5.77. The summed E-state index contributed by atoms with van der Waals surface area (Å²) in [6.07, 6.45) is 1.40. The summed E-state index contributed by atoms with van der Waals surface area (Å²) in [7, 11) is 0. The van der Waals surface area contributed by atoms with E-state index in [4.69, 9.17) is 26.7 Å². The molecule has 0 bridgehead atoms. The van der Waals surface area contributed by atoms with Gasteiger partial charge in [-0.15, -0.1) is 0 Å². The molecule has 0 aromatic carbocycles. The summed E-state index contributed by atoms with van der Waals surface area (Å²) in [6.45, 7) is 7.41. The Hall–Kier alpha value is -1.83. The van der Waals surface area contributed by atoms with Gasteiger partial charge >= 0.3 is 11.9 Å². The lowest BCUT2D eigenvalue weighted by Gasteiger charge is -2.33. The van der Waals surface area contributed by atoms with Crippen LogP contribution < -0.4 is 17.2 Å². The number of carbonyl (C=O) groups is 2. The molecule has 0 spiro atoms. The van der Waals surface area contributed by atoms with Crippen LogP contribution in [0, 0.1) is 17.8 Å². The van der Waals surface area contributed by atoms with Crippen molar-refractivity contribution in [1.29, 1.82) is 0 Å². The van der Waals surface area contributed by atoms with Gasteiger partial charge in [0.05, 0.1) is 18.6 Å². The largest absolute Gasteiger partial charge is 0.466 e. The van der Waals surface area contributed by atoms with Gasteiger partial charge in [0.15, 0.2) is 5.96 Å². The molecule has 6 N–H and O–H groups in total. The van der Waals surface area contributed by atoms with E-state index >= 15 is 0 Å². The van der Waals surface area contributed by atoms with Gasteiger partial charge in [0.2, 0.25) is 0 Å². The van der Waals surface area contributed by atoms with Crippen molar-refractivity contribution >= 4 is 17.9 Å². The molecule has 0 heterocycles. The molecule has 0 saturated heterocycles. The van der Waals surface area contributed by atoms with Crippen LogP contribution in [0.4, 0.5) is 0 Å². The third kappa shape index (κ3) is 5.32. The Labute approximate surface area is 149 Å². The summed E-state index contributed by atoms with van der Waals surface area (Å²) in [5.74, 6) is -1.71. The molecule has 25 heavy (non-hydrogen) atoms. The van der Waals surface area contributed by atoms with E-state index in [1.807, 2.05) is 0 Å². The summed E-state index contributed by atoms with van der Waals surface area (Å²) in [5.41, 5.74) is 17.6. The van der Waals surface area contributed by atoms with Gasteiger partial charge in [0.25, 0.3) is 0 Å². The van der Waals surface area contributed by atoms with Crippen molar-refractivity contribution in [2.75, 3.05) is 6.61 Å². The Morgan fingerprint density at radius 2 is 1.80 bits per heavy atom. The third-order valence-electron chi connectivity index (χ3n) is 4.96. The number of esters is 2. The molecular weight excluding hydrogens is 324 g/mol. The molecule has 0 radical (unpaired) electrons. The maximum atomic E-state index is 12.4. The minimum atomic E-state index is -0.694. The van der Waals surface area contributed by atoms with Crippen LogP contribution >= 0.6 is 0 Å². The van der Waals surface area contributed by atoms with Crippen LogP contribution in [-0.4, -0.2) is 42.7 Å². The summed E-state index contributed by atoms with van der Waals surface area (Å²) in [5, 5.41) is 0. The van der Waals surface area contributed by atoms with Crippen LogP contribution in [0.25, 0.3) is 0 Å². The van der Waals surface area contributed by atoms with E-state index in [-0.39, 0.29) is 36.5 Å². The SMILES string of the molecule is CCOC(=O)[C@H]1C[C@@H](N=C(N)N)[C@H]([C@@H](N)C(CC)CC)[C@@H]1OC(C)=O. The minimum Gasteiger partial charge on any atom is -0.466 e. The lowest BCUT2D eigenvalue weighted by atomic mass is 9.81.